The molecule has 0 bridgehead atoms. The Hall–Kier alpha value is -1.32. The highest BCUT2D eigenvalue weighted by Gasteiger charge is 2.34. The lowest BCUT2D eigenvalue weighted by Gasteiger charge is -2.32. The van der Waals surface area contributed by atoms with Crippen LogP contribution in [-0.4, -0.2) is 51.9 Å². The van der Waals surface area contributed by atoms with Gasteiger partial charge in [-0.05, 0) is 31.5 Å². The van der Waals surface area contributed by atoms with Gasteiger partial charge in [-0.3, -0.25) is 4.90 Å². The number of alkyl halides is 3. The molecule has 9 heteroatoms. The van der Waals surface area contributed by atoms with Gasteiger partial charge in [0.25, 0.3) is 0 Å². The summed E-state index contributed by atoms with van der Waals surface area (Å²) >= 11 is 0. The number of para-hydroxylation sites is 1. The van der Waals surface area contributed by atoms with Crippen molar-refractivity contribution in [2.45, 2.75) is 25.1 Å². The van der Waals surface area contributed by atoms with Crippen LogP contribution < -0.4 is 9.46 Å². The van der Waals surface area contributed by atoms with Crippen molar-refractivity contribution in [3.05, 3.63) is 29.8 Å². The van der Waals surface area contributed by atoms with Crippen LogP contribution in [0.1, 0.15) is 18.4 Å². The highest BCUT2D eigenvalue weighted by atomic mass is 32.2. The van der Waals surface area contributed by atoms with E-state index in [1.54, 1.807) is 0 Å². The maximum atomic E-state index is 12.9. The number of halogens is 3. The minimum Gasteiger partial charge on any atom is -0.492 e. The predicted octanol–water partition coefficient (Wildman–Crippen LogP) is 2.10. The van der Waals surface area contributed by atoms with Gasteiger partial charge >= 0.3 is 6.18 Å². The molecule has 0 saturated carbocycles. The fraction of sp³-hybridized carbons (Fsp3) is 0.600. The van der Waals surface area contributed by atoms with Gasteiger partial charge in [-0.2, -0.15) is 13.2 Å². The first-order chi connectivity index (χ1) is 11.1. The quantitative estimate of drug-likeness (QED) is 0.838. The number of nitrogens with zero attached hydrogens (tertiary/aromatic N) is 1. The summed E-state index contributed by atoms with van der Waals surface area (Å²) in [7, 11) is -3.27. The first-order valence-electron chi connectivity index (χ1n) is 7.64. The molecule has 1 aromatic carbocycles. The van der Waals surface area contributed by atoms with Crippen molar-refractivity contribution in [3.63, 3.8) is 0 Å². The van der Waals surface area contributed by atoms with E-state index < -0.39 is 21.8 Å². The molecular formula is C15H21F3N2O3S. The Kier molecular flexibility index (Phi) is 6.11. The number of benzene rings is 1. The summed E-state index contributed by atoms with van der Waals surface area (Å²) < 4.78 is 69.1. The molecule has 5 nitrogen and oxygen atoms in total. The van der Waals surface area contributed by atoms with Gasteiger partial charge in [-0.1, -0.05) is 12.1 Å². The molecular weight excluding hydrogens is 345 g/mol. The average molecular weight is 366 g/mol. The third-order valence-corrected chi connectivity index (χ3v) is 4.51. The third-order valence-electron chi connectivity index (χ3n) is 3.74. The number of likely N-dealkylation sites (tertiary alicyclic amines) is 1. The topological polar surface area (TPSA) is 58.6 Å². The van der Waals surface area contributed by atoms with E-state index in [9.17, 15) is 21.6 Å². The number of sulfonamides is 1. The summed E-state index contributed by atoms with van der Waals surface area (Å²) in [6, 6.07) is 4.94. The third kappa shape index (κ3) is 5.95. The number of hydrogen-bond acceptors (Lipinski definition) is 4. The second-order valence-corrected chi connectivity index (χ2v) is 7.65. The maximum absolute atomic E-state index is 12.9. The Morgan fingerprint density at radius 2 is 2.04 bits per heavy atom. The van der Waals surface area contributed by atoms with E-state index in [0.717, 1.165) is 31.7 Å². The molecule has 1 aromatic rings. The fourth-order valence-corrected chi connectivity index (χ4v) is 3.57. The molecule has 0 amide bonds. The van der Waals surface area contributed by atoms with Crippen molar-refractivity contribution in [1.82, 2.24) is 9.62 Å². The molecule has 1 fully saturated rings. The number of nitrogens with one attached hydrogen (secondary N) is 1. The number of hydrogen-bond donors (Lipinski definition) is 1. The molecule has 1 heterocycles. The summed E-state index contributed by atoms with van der Waals surface area (Å²) in [6.07, 6.45) is -1.76. The van der Waals surface area contributed by atoms with E-state index in [0.29, 0.717) is 13.1 Å². The second-order valence-electron chi connectivity index (χ2n) is 5.87. The molecule has 1 saturated heterocycles. The van der Waals surface area contributed by atoms with Crippen molar-refractivity contribution < 1.29 is 26.3 Å². The van der Waals surface area contributed by atoms with Crippen LogP contribution >= 0.6 is 0 Å². The molecule has 0 aromatic heterocycles. The van der Waals surface area contributed by atoms with Crippen LogP contribution in [0, 0.1) is 0 Å². The lowest BCUT2D eigenvalue weighted by Crippen LogP contribution is -2.48. The summed E-state index contributed by atoms with van der Waals surface area (Å²) in [4.78, 5) is 1.99. The summed E-state index contributed by atoms with van der Waals surface area (Å²) in [5.41, 5.74) is -0.791. The smallest absolute Gasteiger partial charge is 0.419 e. The molecule has 0 unspecified atom stereocenters. The fourth-order valence-electron chi connectivity index (χ4n) is 2.77. The number of ether oxygens (including phenoxy) is 1. The zero-order chi connectivity index (χ0) is 17.8. The Morgan fingerprint density at radius 3 is 2.71 bits per heavy atom. The first-order valence-corrected chi connectivity index (χ1v) is 9.53. The van der Waals surface area contributed by atoms with Crippen LogP contribution in [0.4, 0.5) is 13.2 Å². The summed E-state index contributed by atoms with van der Waals surface area (Å²) in [5, 5.41) is 0. The highest BCUT2D eigenvalue weighted by molar-refractivity contribution is 7.88. The van der Waals surface area contributed by atoms with E-state index >= 15 is 0 Å². The van der Waals surface area contributed by atoms with Crippen molar-refractivity contribution in [2.24, 2.45) is 0 Å². The Balaban J connectivity index is 1.86. The molecule has 0 radical (unpaired) electrons. The number of piperidine rings is 1. The second kappa shape index (κ2) is 7.71. The molecule has 136 valence electrons. The largest absolute Gasteiger partial charge is 0.492 e. The van der Waals surface area contributed by atoms with Crippen molar-refractivity contribution in [3.8, 4) is 5.75 Å². The standard InChI is InChI=1S/C15H21F3N2O3S/c1-24(21,22)19-12-5-4-8-20(11-12)9-10-23-14-7-3-2-6-13(14)15(16,17)18/h2-3,6-7,12,19H,4-5,8-11H2,1H3/t12-/m0/s1. The molecule has 24 heavy (non-hydrogen) atoms. The van der Waals surface area contributed by atoms with Crippen molar-refractivity contribution in [1.29, 1.82) is 0 Å². The first kappa shape index (κ1) is 19.0. The molecule has 1 aliphatic rings. The normalized spacial score (nSPS) is 20.1. The monoisotopic (exact) mass is 366 g/mol. The van der Waals surface area contributed by atoms with E-state index in [2.05, 4.69) is 4.72 Å². The average Bonchev–Trinajstić information content (AvgIpc) is 2.45. The van der Waals surface area contributed by atoms with Crippen molar-refractivity contribution in [2.75, 3.05) is 32.5 Å². The SMILES string of the molecule is CS(=O)(=O)N[C@H]1CCCN(CCOc2ccccc2C(F)(F)F)C1. The van der Waals surface area contributed by atoms with E-state index in [4.69, 9.17) is 4.74 Å². The van der Waals surface area contributed by atoms with E-state index in [-0.39, 0.29) is 18.4 Å². The Labute approximate surface area is 139 Å². The Bertz CT molecular complexity index is 650. The highest BCUT2D eigenvalue weighted by Crippen LogP contribution is 2.35. The molecule has 1 atom stereocenters. The Morgan fingerprint density at radius 1 is 1.33 bits per heavy atom. The molecule has 1 N–H and O–H groups in total. The van der Waals surface area contributed by atoms with Crippen LogP contribution in [0.3, 0.4) is 0 Å². The summed E-state index contributed by atoms with van der Waals surface area (Å²) in [5.74, 6) is -0.187. The molecule has 1 aliphatic heterocycles. The molecule has 2 rings (SSSR count). The lowest BCUT2D eigenvalue weighted by molar-refractivity contribution is -0.139. The zero-order valence-electron chi connectivity index (χ0n) is 13.3. The minimum atomic E-state index is -4.45. The van der Waals surface area contributed by atoms with Gasteiger partial charge in [0.2, 0.25) is 10.0 Å². The van der Waals surface area contributed by atoms with Gasteiger partial charge in [-0.25, -0.2) is 13.1 Å². The summed E-state index contributed by atoms with van der Waals surface area (Å²) in [6.45, 7) is 1.84. The lowest BCUT2D eigenvalue weighted by atomic mass is 10.1. The van der Waals surface area contributed by atoms with Crippen LogP contribution in [-0.2, 0) is 16.2 Å². The molecule has 0 aliphatic carbocycles. The van der Waals surface area contributed by atoms with Gasteiger partial charge in [0.15, 0.2) is 0 Å². The van der Waals surface area contributed by atoms with E-state index in [1.165, 1.54) is 18.2 Å². The van der Waals surface area contributed by atoms with Gasteiger partial charge in [0.05, 0.1) is 11.8 Å². The van der Waals surface area contributed by atoms with Crippen molar-refractivity contribution >= 4 is 10.0 Å². The van der Waals surface area contributed by atoms with Crippen LogP contribution in [0.15, 0.2) is 24.3 Å². The predicted molar refractivity (Wildman–Crippen MR) is 84.4 cm³/mol. The minimum absolute atomic E-state index is 0.110. The van der Waals surface area contributed by atoms with Gasteiger partial charge in [-0.15, -0.1) is 0 Å². The van der Waals surface area contributed by atoms with Gasteiger partial charge < -0.3 is 4.74 Å². The molecule has 0 spiro atoms. The van der Waals surface area contributed by atoms with Crippen LogP contribution in [0.5, 0.6) is 5.75 Å². The number of rotatable bonds is 6. The zero-order valence-corrected chi connectivity index (χ0v) is 14.2. The van der Waals surface area contributed by atoms with Gasteiger partial charge in [0.1, 0.15) is 12.4 Å². The maximum Gasteiger partial charge on any atom is 0.419 e. The van der Waals surface area contributed by atoms with Gasteiger partial charge in [0, 0.05) is 19.1 Å². The van der Waals surface area contributed by atoms with Crippen LogP contribution in [0.25, 0.3) is 0 Å². The van der Waals surface area contributed by atoms with E-state index in [1.807, 2.05) is 4.90 Å². The van der Waals surface area contributed by atoms with Crippen LogP contribution in [0.2, 0.25) is 0 Å².